The first-order valence-electron chi connectivity index (χ1n) is 1.40. The van der Waals surface area contributed by atoms with E-state index in [0.717, 1.165) is 0 Å². The first-order valence-corrected chi connectivity index (χ1v) is 2.86. The molecular formula is C4H4O4P-3. The highest BCUT2D eigenvalue weighted by atomic mass is 31.2. The van der Waals surface area contributed by atoms with Crippen molar-refractivity contribution in [1.29, 1.82) is 0 Å². The van der Waals surface area contributed by atoms with Crippen molar-refractivity contribution in [1.82, 2.24) is 0 Å². The van der Waals surface area contributed by atoms with Gasteiger partial charge in [-0.1, -0.05) is 0 Å². The zero-order valence-corrected chi connectivity index (χ0v) is 5.28. The fourth-order valence-electron chi connectivity index (χ4n) is 0. The summed E-state index contributed by atoms with van der Waals surface area (Å²) in [4.78, 5) is 25.6. The predicted octanol–water partition coefficient (Wildman–Crippen LogP) is -2.33. The molecule has 0 unspecified atom stereocenters. The summed E-state index contributed by atoms with van der Waals surface area (Å²) in [7, 11) is -5.39. The standard InChI is InChI=1S/2C2H2.H3O4P/c2*1-2;1-5(2,3)4/h2*1-2H;(H3,1,2,3,4)/p-3. The van der Waals surface area contributed by atoms with Crippen LogP contribution in [-0.4, -0.2) is 0 Å². The van der Waals surface area contributed by atoms with Gasteiger partial charge in [0.15, 0.2) is 0 Å². The van der Waals surface area contributed by atoms with Crippen LogP contribution in [0.25, 0.3) is 0 Å². The predicted molar refractivity (Wildman–Crippen MR) is 27.4 cm³/mol. The van der Waals surface area contributed by atoms with E-state index in [0.29, 0.717) is 0 Å². The van der Waals surface area contributed by atoms with Crippen LogP contribution in [0.5, 0.6) is 0 Å². The second-order valence-electron chi connectivity index (χ2n) is 0.447. The number of phosphoric acid groups is 1. The van der Waals surface area contributed by atoms with Gasteiger partial charge in [-0.3, -0.25) is 0 Å². The topological polar surface area (TPSA) is 86.2 Å². The highest BCUT2D eigenvalue weighted by molar-refractivity contribution is 7.40. The van der Waals surface area contributed by atoms with Crippen LogP contribution in [0.2, 0.25) is 0 Å². The van der Waals surface area contributed by atoms with E-state index in [4.69, 9.17) is 19.2 Å². The molecule has 0 amide bonds. The first-order chi connectivity index (χ1) is 4.00. The average Bonchev–Trinajstić information content (AvgIpc) is 1.72. The normalized spacial score (nSPS) is 7.00. The molecule has 5 heteroatoms. The Morgan fingerprint density at radius 2 is 0.889 bits per heavy atom. The van der Waals surface area contributed by atoms with Gasteiger partial charge in [0.05, 0.1) is 0 Å². The summed E-state index contributed by atoms with van der Waals surface area (Å²) in [6.45, 7) is 0. The molecule has 4 nitrogen and oxygen atoms in total. The second kappa shape index (κ2) is 10.3. The van der Waals surface area contributed by atoms with Crippen molar-refractivity contribution in [3.8, 4) is 25.7 Å². The van der Waals surface area contributed by atoms with Crippen molar-refractivity contribution in [3.63, 3.8) is 0 Å². The molecule has 0 atom stereocenters. The summed E-state index contributed by atoms with van der Waals surface area (Å²) in [5, 5.41) is 0. The summed E-state index contributed by atoms with van der Waals surface area (Å²) >= 11 is 0. The van der Waals surface area contributed by atoms with Crippen LogP contribution in [0, 0.1) is 25.7 Å². The zero-order chi connectivity index (χ0) is 8.50. The maximum Gasteiger partial charge on any atom is -0.124 e. The Labute approximate surface area is 53.8 Å². The molecule has 52 valence electrons. The molecule has 0 heterocycles. The van der Waals surface area contributed by atoms with Gasteiger partial charge in [0, 0.05) is 0 Å². The van der Waals surface area contributed by atoms with Crippen molar-refractivity contribution in [3.05, 3.63) is 0 Å². The lowest BCUT2D eigenvalue weighted by atomic mass is 11.4. The van der Waals surface area contributed by atoms with E-state index >= 15 is 0 Å². The second-order valence-corrected chi connectivity index (χ2v) is 1.34. The van der Waals surface area contributed by atoms with Crippen molar-refractivity contribution < 1.29 is 19.2 Å². The minimum atomic E-state index is -5.39. The highest BCUT2D eigenvalue weighted by Gasteiger charge is 1.44. The third kappa shape index (κ3) is 334. The van der Waals surface area contributed by atoms with E-state index in [1.165, 1.54) is 0 Å². The van der Waals surface area contributed by atoms with Crippen LogP contribution in [0.4, 0.5) is 0 Å². The van der Waals surface area contributed by atoms with Gasteiger partial charge in [-0.15, -0.1) is 25.7 Å². The number of hydrogen-bond acceptors (Lipinski definition) is 4. The number of terminal acetylenes is 2. The molecule has 0 N–H and O–H groups in total. The number of hydrogen-bond donors (Lipinski definition) is 0. The first kappa shape index (κ1) is 15.7. The van der Waals surface area contributed by atoms with Crippen LogP contribution in [0.15, 0.2) is 0 Å². The Hall–Kier alpha value is -0.770. The molecule has 0 spiro atoms. The third-order valence-corrected chi connectivity index (χ3v) is 0. The highest BCUT2D eigenvalue weighted by Crippen LogP contribution is 2.03. The molecule has 0 saturated heterocycles. The largest absolute Gasteiger partial charge is 0.822 e. The molecule has 0 aliphatic carbocycles. The molecule has 0 fully saturated rings. The van der Waals surface area contributed by atoms with E-state index in [-0.39, 0.29) is 0 Å². The molecule has 0 bridgehead atoms. The number of rotatable bonds is 0. The SMILES string of the molecule is C#C.C#C.O=P([O-])([O-])[O-]. The smallest absolute Gasteiger partial charge is 0.124 e. The van der Waals surface area contributed by atoms with Crippen molar-refractivity contribution >= 4 is 7.82 Å². The van der Waals surface area contributed by atoms with Crippen LogP contribution in [0.1, 0.15) is 0 Å². The Bertz CT molecular complexity index is 105. The van der Waals surface area contributed by atoms with E-state index in [1.54, 1.807) is 0 Å². The lowest BCUT2D eigenvalue weighted by Gasteiger charge is -2.36. The lowest BCUT2D eigenvalue weighted by molar-refractivity contribution is -0.432. The molecular weight excluding hydrogens is 143 g/mol. The lowest BCUT2D eigenvalue weighted by Crippen LogP contribution is -2.24. The van der Waals surface area contributed by atoms with Crippen molar-refractivity contribution in [2.45, 2.75) is 0 Å². The molecule has 0 aliphatic rings. The Morgan fingerprint density at radius 1 is 0.889 bits per heavy atom. The zero-order valence-electron chi connectivity index (χ0n) is 4.39. The quantitative estimate of drug-likeness (QED) is 0.284. The summed E-state index contributed by atoms with van der Waals surface area (Å²) in [5.41, 5.74) is 0. The van der Waals surface area contributed by atoms with Gasteiger partial charge >= 0.3 is 0 Å². The molecule has 0 aliphatic heterocycles. The Morgan fingerprint density at radius 3 is 0.889 bits per heavy atom. The van der Waals surface area contributed by atoms with E-state index in [9.17, 15) is 0 Å². The van der Waals surface area contributed by atoms with Gasteiger partial charge in [-0.25, -0.2) is 0 Å². The molecule has 0 saturated carbocycles. The molecule has 9 heavy (non-hydrogen) atoms. The molecule has 0 radical (unpaired) electrons. The Balaban J connectivity index is -0.0000000771. The summed E-state index contributed by atoms with van der Waals surface area (Å²) in [6.07, 6.45) is 16.0. The molecule has 0 aromatic heterocycles. The third-order valence-electron chi connectivity index (χ3n) is 0. The van der Waals surface area contributed by atoms with Crippen LogP contribution < -0.4 is 14.7 Å². The molecule has 0 rings (SSSR count). The fourth-order valence-corrected chi connectivity index (χ4v) is 0. The minimum absolute atomic E-state index is 4.00. The van der Waals surface area contributed by atoms with Gasteiger partial charge in [-0.05, 0) is 0 Å². The van der Waals surface area contributed by atoms with Gasteiger partial charge in [0.1, 0.15) is 0 Å². The average molecular weight is 147 g/mol. The summed E-state index contributed by atoms with van der Waals surface area (Å²) in [6, 6.07) is 0. The maximum absolute atomic E-state index is 8.55. The van der Waals surface area contributed by atoms with Crippen molar-refractivity contribution in [2.75, 3.05) is 0 Å². The molecule has 0 aromatic rings. The van der Waals surface area contributed by atoms with Crippen LogP contribution in [-0.2, 0) is 4.57 Å². The maximum atomic E-state index is 8.55. The van der Waals surface area contributed by atoms with Crippen LogP contribution >= 0.6 is 7.82 Å². The van der Waals surface area contributed by atoms with E-state index in [1.807, 2.05) is 0 Å². The van der Waals surface area contributed by atoms with Gasteiger partial charge in [-0.2, -0.15) is 7.82 Å². The summed E-state index contributed by atoms with van der Waals surface area (Å²) < 4.78 is 8.55. The summed E-state index contributed by atoms with van der Waals surface area (Å²) in [5.74, 6) is 0. The fraction of sp³-hybridized carbons (Fsp3) is 0. The van der Waals surface area contributed by atoms with Gasteiger partial charge < -0.3 is 19.2 Å². The Kier molecular flexibility index (Phi) is 17.9. The van der Waals surface area contributed by atoms with Crippen molar-refractivity contribution in [2.24, 2.45) is 0 Å². The molecule has 0 aromatic carbocycles. The van der Waals surface area contributed by atoms with E-state index in [2.05, 4.69) is 25.7 Å². The van der Waals surface area contributed by atoms with Gasteiger partial charge in [0.2, 0.25) is 0 Å². The van der Waals surface area contributed by atoms with E-state index < -0.39 is 7.82 Å². The van der Waals surface area contributed by atoms with Crippen LogP contribution in [0.3, 0.4) is 0 Å². The van der Waals surface area contributed by atoms with Gasteiger partial charge in [0.25, 0.3) is 0 Å². The minimum Gasteiger partial charge on any atom is -0.822 e. The monoisotopic (exact) mass is 147 g/mol.